The van der Waals surface area contributed by atoms with Crippen molar-refractivity contribution in [2.75, 3.05) is 33.0 Å². The minimum Gasteiger partial charge on any atom is -0.389 e. The van der Waals surface area contributed by atoms with Crippen molar-refractivity contribution >= 4 is 5.91 Å². The zero-order valence-electron chi connectivity index (χ0n) is 14.4. The van der Waals surface area contributed by atoms with E-state index >= 15 is 0 Å². The lowest BCUT2D eigenvalue weighted by atomic mass is 9.66. The van der Waals surface area contributed by atoms with E-state index in [0.29, 0.717) is 50.7 Å². The van der Waals surface area contributed by atoms with Crippen LogP contribution < -0.4 is 0 Å². The van der Waals surface area contributed by atoms with Crippen molar-refractivity contribution in [2.45, 2.75) is 24.5 Å². The number of aryl methyl sites for hydroxylation is 1. The Kier molecular flexibility index (Phi) is 4.07. The molecule has 1 aromatic rings. The fourth-order valence-electron chi connectivity index (χ4n) is 4.68. The van der Waals surface area contributed by atoms with Crippen LogP contribution in [0, 0.1) is 23.2 Å². The van der Waals surface area contributed by atoms with Crippen molar-refractivity contribution in [2.24, 2.45) is 18.9 Å². The second-order valence-electron chi connectivity index (χ2n) is 7.34. The van der Waals surface area contributed by atoms with Gasteiger partial charge in [-0.05, 0) is 12.5 Å². The highest BCUT2D eigenvalue weighted by atomic mass is 16.5. The number of fused-ring (bicyclic) bond motifs is 3. The van der Waals surface area contributed by atoms with Crippen LogP contribution in [0.3, 0.4) is 0 Å². The summed E-state index contributed by atoms with van der Waals surface area (Å²) in [4.78, 5) is 15.1. The molecule has 134 valence electrons. The third-order valence-corrected chi connectivity index (χ3v) is 6.07. The molecule has 0 spiro atoms. The lowest BCUT2D eigenvalue weighted by Crippen LogP contribution is -2.68. The van der Waals surface area contributed by atoms with E-state index in [4.69, 9.17) is 14.7 Å². The summed E-state index contributed by atoms with van der Waals surface area (Å²) in [6.45, 7) is 2.55. The number of carbonyl (C=O) groups excluding carboxylic acids is 1. The smallest absolute Gasteiger partial charge is 0.270 e. The van der Waals surface area contributed by atoms with E-state index in [1.54, 1.807) is 23.9 Å². The Morgan fingerprint density at radius 3 is 2.96 bits per heavy atom. The molecule has 4 rings (SSSR count). The fraction of sp³-hybridized carbons (Fsp3) is 0.667. The normalized spacial score (nSPS) is 34.8. The summed E-state index contributed by atoms with van der Waals surface area (Å²) in [5.74, 6) is -0.291. The van der Waals surface area contributed by atoms with Gasteiger partial charge in [-0.3, -0.25) is 4.79 Å². The predicted molar refractivity (Wildman–Crippen MR) is 87.8 cm³/mol. The fourth-order valence-corrected chi connectivity index (χ4v) is 4.68. The molecule has 0 aromatic carbocycles. The van der Waals surface area contributed by atoms with Gasteiger partial charge in [-0.2, -0.15) is 5.26 Å². The number of hydrogen-bond donors (Lipinski definition) is 1. The summed E-state index contributed by atoms with van der Waals surface area (Å²) in [5.41, 5.74) is 0.152. The molecule has 3 saturated heterocycles. The van der Waals surface area contributed by atoms with Crippen molar-refractivity contribution in [3.05, 3.63) is 23.5 Å². The maximum Gasteiger partial charge on any atom is 0.270 e. The van der Waals surface area contributed by atoms with Crippen LogP contribution in [0.5, 0.6) is 0 Å². The van der Waals surface area contributed by atoms with Crippen molar-refractivity contribution in [3.63, 3.8) is 0 Å². The lowest BCUT2D eigenvalue weighted by molar-refractivity contribution is -0.212. The first kappa shape index (κ1) is 16.6. The maximum absolute atomic E-state index is 13.2. The second-order valence-corrected chi connectivity index (χ2v) is 7.34. The van der Waals surface area contributed by atoms with Gasteiger partial charge in [0.1, 0.15) is 11.8 Å². The number of carbonyl (C=O) groups is 1. The molecule has 0 unspecified atom stereocenters. The number of piperidine rings is 1. The molecule has 3 aliphatic heterocycles. The third kappa shape index (κ3) is 2.56. The van der Waals surface area contributed by atoms with Crippen molar-refractivity contribution in [3.8, 4) is 6.07 Å². The van der Waals surface area contributed by atoms with Gasteiger partial charge in [0.25, 0.3) is 5.91 Å². The molecule has 3 aliphatic rings. The van der Waals surface area contributed by atoms with E-state index in [2.05, 4.69) is 6.07 Å². The summed E-state index contributed by atoms with van der Waals surface area (Å²) in [7, 11) is 1.78. The molecule has 3 fully saturated rings. The zero-order valence-corrected chi connectivity index (χ0v) is 14.4. The Labute approximate surface area is 146 Å². The molecule has 0 saturated carbocycles. The number of hydrogen-bond acceptors (Lipinski definition) is 5. The minimum absolute atomic E-state index is 0.0407. The molecular formula is C18H23N3O4. The van der Waals surface area contributed by atoms with Gasteiger partial charge >= 0.3 is 0 Å². The maximum atomic E-state index is 13.2. The number of aromatic nitrogens is 1. The highest BCUT2D eigenvalue weighted by molar-refractivity contribution is 5.93. The monoisotopic (exact) mass is 345 g/mol. The zero-order chi connectivity index (χ0) is 17.6. The average molecular weight is 345 g/mol. The molecule has 0 aliphatic carbocycles. The van der Waals surface area contributed by atoms with Gasteiger partial charge in [0, 0.05) is 57.3 Å². The van der Waals surface area contributed by atoms with Gasteiger partial charge in [-0.1, -0.05) is 0 Å². The summed E-state index contributed by atoms with van der Waals surface area (Å²) in [6.07, 6.45) is 2.98. The Bertz CT molecular complexity index is 724. The Balaban J connectivity index is 1.68. The van der Waals surface area contributed by atoms with Crippen molar-refractivity contribution < 1.29 is 19.4 Å². The van der Waals surface area contributed by atoms with Gasteiger partial charge in [0.2, 0.25) is 0 Å². The first-order valence-corrected chi connectivity index (χ1v) is 8.80. The van der Waals surface area contributed by atoms with Gasteiger partial charge in [-0.25, -0.2) is 0 Å². The van der Waals surface area contributed by atoms with Gasteiger partial charge in [-0.15, -0.1) is 0 Å². The number of ether oxygens (including phenoxy) is 2. The minimum atomic E-state index is -0.827. The van der Waals surface area contributed by atoms with Crippen LogP contribution in [0.25, 0.3) is 0 Å². The number of rotatable bonds is 1. The highest BCUT2D eigenvalue weighted by Crippen LogP contribution is 2.44. The standard InChI is InChI=1S/C18H23N3O4/c1-20-8-12(7-19)6-16(20)17(22)21-9-13-10-25-5-3-18(13,23)14-11-24-4-2-15(14)21/h6,8,13-15,23H,2-5,9-11H2,1H3/t13-,14+,15-,18-/m0/s1. The number of nitriles is 1. The van der Waals surface area contributed by atoms with Gasteiger partial charge < -0.3 is 24.0 Å². The van der Waals surface area contributed by atoms with Crippen LogP contribution in [0.1, 0.15) is 28.9 Å². The molecule has 4 atom stereocenters. The second kappa shape index (κ2) is 6.13. The molecule has 1 amide bonds. The van der Waals surface area contributed by atoms with Crippen molar-refractivity contribution in [1.29, 1.82) is 5.26 Å². The van der Waals surface area contributed by atoms with Crippen LogP contribution in [-0.4, -0.2) is 65.1 Å². The Hall–Kier alpha value is -1.88. The van der Waals surface area contributed by atoms with E-state index in [-0.39, 0.29) is 23.8 Å². The van der Waals surface area contributed by atoms with E-state index in [0.717, 1.165) is 6.42 Å². The van der Waals surface area contributed by atoms with E-state index in [1.807, 2.05) is 4.90 Å². The Morgan fingerprint density at radius 1 is 1.40 bits per heavy atom. The molecule has 7 heteroatoms. The molecule has 7 nitrogen and oxygen atoms in total. The molecule has 25 heavy (non-hydrogen) atoms. The number of aliphatic hydroxyl groups is 1. The molecule has 0 bridgehead atoms. The summed E-state index contributed by atoms with van der Waals surface area (Å²) in [5, 5.41) is 20.4. The quantitative estimate of drug-likeness (QED) is 0.802. The summed E-state index contributed by atoms with van der Waals surface area (Å²) < 4.78 is 12.9. The van der Waals surface area contributed by atoms with Crippen LogP contribution in [-0.2, 0) is 16.5 Å². The number of amides is 1. The number of likely N-dealkylation sites (tertiary alicyclic amines) is 1. The first-order chi connectivity index (χ1) is 12.0. The van der Waals surface area contributed by atoms with E-state index < -0.39 is 5.60 Å². The first-order valence-electron chi connectivity index (χ1n) is 8.80. The molecule has 1 aromatic heterocycles. The van der Waals surface area contributed by atoms with Crippen LogP contribution in [0.4, 0.5) is 0 Å². The summed E-state index contributed by atoms with van der Waals surface area (Å²) in [6, 6.07) is 3.68. The van der Waals surface area contributed by atoms with E-state index in [9.17, 15) is 9.90 Å². The van der Waals surface area contributed by atoms with Crippen LogP contribution >= 0.6 is 0 Å². The predicted octanol–water partition coefficient (Wildman–Crippen LogP) is 0.525. The SMILES string of the molecule is Cn1cc(C#N)cc1C(=O)N1C[C@H]2COCC[C@@]2(O)[C@@H]2COCC[C@@H]21. The topological polar surface area (TPSA) is 87.7 Å². The number of nitrogens with zero attached hydrogens (tertiary/aromatic N) is 3. The molecule has 4 heterocycles. The van der Waals surface area contributed by atoms with Crippen LogP contribution in [0.2, 0.25) is 0 Å². The van der Waals surface area contributed by atoms with E-state index in [1.165, 1.54) is 0 Å². The average Bonchev–Trinajstić information content (AvgIpc) is 3.01. The molecular weight excluding hydrogens is 322 g/mol. The van der Waals surface area contributed by atoms with Crippen molar-refractivity contribution in [1.82, 2.24) is 9.47 Å². The van der Waals surface area contributed by atoms with Crippen LogP contribution in [0.15, 0.2) is 12.3 Å². The van der Waals surface area contributed by atoms with Gasteiger partial charge in [0.05, 0.1) is 24.4 Å². The Morgan fingerprint density at radius 2 is 2.20 bits per heavy atom. The molecule has 1 N–H and O–H groups in total. The largest absolute Gasteiger partial charge is 0.389 e. The third-order valence-electron chi connectivity index (χ3n) is 6.07. The summed E-state index contributed by atoms with van der Waals surface area (Å²) >= 11 is 0. The molecule has 0 radical (unpaired) electrons. The highest BCUT2D eigenvalue weighted by Gasteiger charge is 2.56. The lowest BCUT2D eigenvalue weighted by Gasteiger charge is -2.57. The van der Waals surface area contributed by atoms with Gasteiger partial charge in [0.15, 0.2) is 0 Å².